The third-order valence-electron chi connectivity index (χ3n) is 3.06. The minimum Gasteiger partial charge on any atom is -0.465 e. The number of esters is 1. The SMILES string of the molecule is CCOC(=O)C1(c2ccc(OC(F)(F)F)cc2)CC1. The number of carbonyl (C=O) groups is 1. The standard InChI is InChI=1S/C13H13F3O3/c1-2-18-11(17)12(7-8-12)9-3-5-10(6-4-9)19-13(14,15)16/h3-6H,2,7-8H2,1H3. The van der Waals surface area contributed by atoms with Gasteiger partial charge in [0.1, 0.15) is 5.75 Å². The molecule has 0 aromatic heterocycles. The highest BCUT2D eigenvalue weighted by Gasteiger charge is 2.52. The first-order chi connectivity index (χ1) is 8.87. The summed E-state index contributed by atoms with van der Waals surface area (Å²) in [6, 6.07) is 5.38. The molecule has 0 aliphatic heterocycles. The smallest absolute Gasteiger partial charge is 0.465 e. The Labute approximate surface area is 108 Å². The van der Waals surface area contributed by atoms with E-state index in [2.05, 4.69) is 4.74 Å². The molecule has 0 heterocycles. The molecule has 0 atom stereocenters. The minimum absolute atomic E-state index is 0.288. The predicted octanol–water partition coefficient (Wildman–Crippen LogP) is 3.18. The summed E-state index contributed by atoms with van der Waals surface area (Å²) in [5.74, 6) is -0.615. The molecule has 6 heteroatoms. The summed E-state index contributed by atoms with van der Waals surface area (Å²) in [5, 5.41) is 0. The molecule has 0 radical (unpaired) electrons. The van der Waals surface area contributed by atoms with Gasteiger partial charge in [0.25, 0.3) is 0 Å². The van der Waals surface area contributed by atoms with E-state index in [0.717, 1.165) is 0 Å². The molecule has 2 rings (SSSR count). The number of alkyl halides is 3. The van der Waals surface area contributed by atoms with Crippen LogP contribution in [0.5, 0.6) is 5.75 Å². The summed E-state index contributed by atoms with van der Waals surface area (Å²) in [6.45, 7) is 2.00. The van der Waals surface area contributed by atoms with Gasteiger partial charge in [0.2, 0.25) is 0 Å². The molecule has 0 unspecified atom stereocenters. The maximum absolute atomic E-state index is 12.0. The quantitative estimate of drug-likeness (QED) is 0.791. The highest BCUT2D eigenvalue weighted by Crippen LogP contribution is 2.49. The molecule has 0 saturated heterocycles. The van der Waals surface area contributed by atoms with E-state index < -0.39 is 11.8 Å². The van der Waals surface area contributed by atoms with Gasteiger partial charge in [0.05, 0.1) is 12.0 Å². The molecule has 1 aromatic carbocycles. The summed E-state index contributed by atoms with van der Waals surface area (Å²) in [6.07, 6.45) is -3.39. The predicted molar refractivity (Wildman–Crippen MR) is 60.7 cm³/mol. The number of hydrogen-bond acceptors (Lipinski definition) is 3. The number of benzene rings is 1. The van der Waals surface area contributed by atoms with Gasteiger partial charge in [0.15, 0.2) is 0 Å². The fourth-order valence-electron chi connectivity index (χ4n) is 1.98. The van der Waals surface area contributed by atoms with Crippen LogP contribution in [0.15, 0.2) is 24.3 Å². The third kappa shape index (κ3) is 3.00. The second kappa shape index (κ2) is 4.75. The van der Waals surface area contributed by atoms with Crippen molar-refractivity contribution in [3.05, 3.63) is 29.8 Å². The third-order valence-corrected chi connectivity index (χ3v) is 3.06. The molecule has 1 aliphatic rings. The number of hydrogen-bond donors (Lipinski definition) is 0. The van der Waals surface area contributed by atoms with Crippen molar-refractivity contribution in [2.45, 2.75) is 31.5 Å². The monoisotopic (exact) mass is 274 g/mol. The van der Waals surface area contributed by atoms with Crippen LogP contribution < -0.4 is 4.74 Å². The van der Waals surface area contributed by atoms with Gasteiger partial charge in [-0.05, 0) is 37.5 Å². The largest absolute Gasteiger partial charge is 0.573 e. The van der Waals surface area contributed by atoms with Crippen LogP contribution in [-0.2, 0) is 14.9 Å². The molecule has 1 aliphatic carbocycles. The van der Waals surface area contributed by atoms with E-state index in [0.29, 0.717) is 18.4 Å². The lowest BCUT2D eigenvalue weighted by Crippen LogP contribution is -2.23. The molecule has 1 aromatic rings. The lowest BCUT2D eigenvalue weighted by atomic mass is 9.96. The molecule has 0 spiro atoms. The maximum Gasteiger partial charge on any atom is 0.573 e. The summed E-state index contributed by atoms with van der Waals surface area (Å²) < 4.78 is 44.8. The minimum atomic E-state index is -4.71. The van der Waals surface area contributed by atoms with Crippen molar-refractivity contribution in [2.75, 3.05) is 6.61 Å². The Balaban J connectivity index is 2.13. The van der Waals surface area contributed by atoms with Crippen LogP contribution in [0.3, 0.4) is 0 Å². The van der Waals surface area contributed by atoms with Gasteiger partial charge >= 0.3 is 12.3 Å². The first-order valence-electron chi connectivity index (χ1n) is 5.91. The van der Waals surface area contributed by atoms with Crippen molar-refractivity contribution in [3.8, 4) is 5.75 Å². The lowest BCUT2D eigenvalue weighted by molar-refractivity contribution is -0.274. The highest BCUT2D eigenvalue weighted by atomic mass is 19.4. The Morgan fingerprint density at radius 1 is 1.26 bits per heavy atom. The summed E-state index contributed by atoms with van der Waals surface area (Å²) >= 11 is 0. The second-order valence-corrected chi connectivity index (χ2v) is 4.37. The molecular weight excluding hydrogens is 261 g/mol. The van der Waals surface area contributed by atoms with Crippen LogP contribution in [0, 0.1) is 0 Å². The van der Waals surface area contributed by atoms with Crippen LogP contribution in [0.2, 0.25) is 0 Å². The van der Waals surface area contributed by atoms with Crippen LogP contribution >= 0.6 is 0 Å². The van der Waals surface area contributed by atoms with Crippen LogP contribution in [-0.4, -0.2) is 18.9 Å². The van der Waals surface area contributed by atoms with Crippen molar-refractivity contribution < 1.29 is 27.4 Å². The molecule has 1 fully saturated rings. The summed E-state index contributed by atoms with van der Waals surface area (Å²) in [5.41, 5.74) is -0.00673. The van der Waals surface area contributed by atoms with Gasteiger partial charge in [-0.25, -0.2) is 0 Å². The van der Waals surface area contributed by atoms with E-state index >= 15 is 0 Å². The molecule has 0 amide bonds. The first kappa shape index (κ1) is 13.7. The van der Waals surface area contributed by atoms with E-state index in [9.17, 15) is 18.0 Å². The summed E-state index contributed by atoms with van der Waals surface area (Å²) in [7, 11) is 0. The zero-order chi connectivity index (χ0) is 14.1. The molecule has 3 nitrogen and oxygen atoms in total. The van der Waals surface area contributed by atoms with Gasteiger partial charge in [-0.3, -0.25) is 4.79 Å². The van der Waals surface area contributed by atoms with Gasteiger partial charge in [-0.2, -0.15) is 0 Å². The average Bonchev–Trinajstić information content (AvgIpc) is 3.09. The Morgan fingerprint density at radius 2 is 1.84 bits per heavy atom. The fourth-order valence-corrected chi connectivity index (χ4v) is 1.98. The van der Waals surface area contributed by atoms with E-state index in [1.165, 1.54) is 24.3 Å². The maximum atomic E-state index is 12.0. The number of halogens is 3. The van der Waals surface area contributed by atoms with Gasteiger partial charge in [0, 0.05) is 0 Å². The molecule has 104 valence electrons. The zero-order valence-electron chi connectivity index (χ0n) is 10.3. The number of rotatable bonds is 4. The highest BCUT2D eigenvalue weighted by molar-refractivity contribution is 5.86. The van der Waals surface area contributed by atoms with Gasteiger partial charge in [-0.15, -0.1) is 13.2 Å². The normalized spacial score (nSPS) is 16.8. The number of carbonyl (C=O) groups excluding carboxylic acids is 1. The Bertz CT molecular complexity index is 461. The molecule has 0 bridgehead atoms. The van der Waals surface area contributed by atoms with Crippen molar-refractivity contribution in [1.82, 2.24) is 0 Å². The number of ether oxygens (including phenoxy) is 2. The van der Waals surface area contributed by atoms with Gasteiger partial charge in [-0.1, -0.05) is 12.1 Å². The Hall–Kier alpha value is -1.72. The molecule has 1 saturated carbocycles. The van der Waals surface area contributed by atoms with Crippen LogP contribution in [0.1, 0.15) is 25.3 Å². The average molecular weight is 274 g/mol. The van der Waals surface area contributed by atoms with Crippen molar-refractivity contribution in [3.63, 3.8) is 0 Å². The van der Waals surface area contributed by atoms with E-state index in [-0.39, 0.29) is 18.3 Å². The van der Waals surface area contributed by atoms with Crippen LogP contribution in [0.4, 0.5) is 13.2 Å². The van der Waals surface area contributed by atoms with E-state index in [1.54, 1.807) is 6.92 Å². The second-order valence-electron chi connectivity index (χ2n) is 4.37. The van der Waals surface area contributed by atoms with E-state index in [1.807, 2.05) is 0 Å². The van der Waals surface area contributed by atoms with Crippen LogP contribution in [0.25, 0.3) is 0 Å². The summed E-state index contributed by atoms with van der Waals surface area (Å²) in [4.78, 5) is 11.8. The molecular formula is C13H13F3O3. The lowest BCUT2D eigenvalue weighted by Gasteiger charge is -2.15. The zero-order valence-corrected chi connectivity index (χ0v) is 10.3. The first-order valence-corrected chi connectivity index (χ1v) is 5.91. The van der Waals surface area contributed by atoms with Crippen molar-refractivity contribution >= 4 is 5.97 Å². The molecule has 19 heavy (non-hydrogen) atoms. The van der Waals surface area contributed by atoms with Gasteiger partial charge < -0.3 is 9.47 Å². The van der Waals surface area contributed by atoms with Crippen molar-refractivity contribution in [1.29, 1.82) is 0 Å². The fraction of sp³-hybridized carbons (Fsp3) is 0.462. The topological polar surface area (TPSA) is 35.5 Å². The Morgan fingerprint density at radius 3 is 2.26 bits per heavy atom. The van der Waals surface area contributed by atoms with E-state index in [4.69, 9.17) is 4.74 Å². The molecule has 0 N–H and O–H groups in total. The Kier molecular flexibility index (Phi) is 3.43. The van der Waals surface area contributed by atoms with Crippen molar-refractivity contribution in [2.24, 2.45) is 0 Å².